The van der Waals surface area contributed by atoms with Crippen LogP contribution in [0.5, 0.6) is 0 Å². The van der Waals surface area contributed by atoms with Crippen LogP contribution in [-0.2, 0) is 14.3 Å². The number of likely N-dealkylation sites (tertiary alicyclic amines) is 1. The first-order valence-corrected chi connectivity index (χ1v) is 10.6. The second-order valence-electron chi connectivity index (χ2n) is 7.82. The van der Waals surface area contributed by atoms with Gasteiger partial charge in [0.1, 0.15) is 0 Å². The molecular weight excluding hydrogens is 409 g/mol. The highest BCUT2D eigenvalue weighted by molar-refractivity contribution is 7.08. The van der Waals surface area contributed by atoms with Crippen molar-refractivity contribution in [1.82, 2.24) is 4.90 Å². The van der Waals surface area contributed by atoms with E-state index in [1.54, 1.807) is 11.3 Å². The molecule has 1 aromatic rings. The molecule has 6 nitrogen and oxygen atoms in total. The topological polar surface area (TPSA) is 70.1 Å². The lowest BCUT2D eigenvalue weighted by Crippen LogP contribution is -2.42. The van der Waals surface area contributed by atoms with E-state index in [2.05, 4.69) is 28.7 Å². The highest BCUT2D eigenvalue weighted by atomic mass is 32.1. The van der Waals surface area contributed by atoms with Gasteiger partial charge in [0.25, 0.3) is 0 Å². The SMILES string of the molecule is C[C@@H]1CN(C2CCOCC2)C[C@]12CCN(c1ccsc1)C2=O.O=C(O)C(F)(F)F. The monoisotopic (exact) mass is 434 g/mol. The lowest BCUT2D eigenvalue weighted by molar-refractivity contribution is -0.192. The smallest absolute Gasteiger partial charge is 0.475 e. The summed E-state index contributed by atoms with van der Waals surface area (Å²) in [6.07, 6.45) is -1.85. The van der Waals surface area contributed by atoms with Crippen molar-refractivity contribution in [3.05, 3.63) is 16.8 Å². The van der Waals surface area contributed by atoms with Crippen LogP contribution in [0.4, 0.5) is 18.9 Å². The van der Waals surface area contributed by atoms with E-state index in [0.29, 0.717) is 17.9 Å². The number of anilines is 1. The molecule has 3 aliphatic rings. The average molecular weight is 434 g/mol. The number of carbonyl (C=O) groups is 2. The Labute approximate surface area is 171 Å². The van der Waals surface area contributed by atoms with Crippen LogP contribution in [0.25, 0.3) is 0 Å². The number of rotatable bonds is 2. The molecule has 0 bridgehead atoms. The summed E-state index contributed by atoms with van der Waals surface area (Å²) in [7, 11) is 0. The van der Waals surface area contributed by atoms with E-state index in [-0.39, 0.29) is 5.41 Å². The summed E-state index contributed by atoms with van der Waals surface area (Å²) in [5, 5.41) is 11.3. The third-order valence-electron chi connectivity index (χ3n) is 6.16. The van der Waals surface area contributed by atoms with Crippen LogP contribution in [0.15, 0.2) is 16.8 Å². The molecule has 4 rings (SSSR count). The molecule has 1 N–H and O–H groups in total. The van der Waals surface area contributed by atoms with Crippen LogP contribution in [0.2, 0.25) is 0 Å². The zero-order chi connectivity index (χ0) is 21.2. The number of amides is 1. The lowest BCUT2D eigenvalue weighted by Gasteiger charge is -2.32. The highest BCUT2D eigenvalue weighted by Gasteiger charge is 2.56. The number of carbonyl (C=O) groups excluding carboxylic acids is 1. The fourth-order valence-corrected chi connectivity index (χ4v) is 5.13. The average Bonchev–Trinajstić information content (AvgIpc) is 3.38. The molecular formula is C19H25F3N2O4S. The minimum absolute atomic E-state index is 0.153. The molecule has 162 valence electrons. The van der Waals surface area contributed by atoms with Crippen molar-refractivity contribution in [2.45, 2.75) is 38.4 Å². The molecule has 3 aliphatic heterocycles. The Bertz CT molecular complexity index is 722. The molecule has 0 unspecified atom stereocenters. The van der Waals surface area contributed by atoms with Crippen molar-refractivity contribution in [2.24, 2.45) is 11.3 Å². The number of thiophene rings is 1. The molecule has 4 heterocycles. The quantitative estimate of drug-likeness (QED) is 0.774. The molecule has 0 saturated carbocycles. The Morgan fingerprint density at radius 3 is 2.55 bits per heavy atom. The van der Waals surface area contributed by atoms with Crippen LogP contribution >= 0.6 is 11.3 Å². The van der Waals surface area contributed by atoms with Crippen molar-refractivity contribution in [1.29, 1.82) is 0 Å². The first-order valence-electron chi connectivity index (χ1n) is 9.61. The molecule has 1 amide bonds. The number of alkyl halides is 3. The van der Waals surface area contributed by atoms with E-state index in [9.17, 15) is 18.0 Å². The number of nitrogens with zero attached hydrogens (tertiary/aromatic N) is 2. The van der Waals surface area contributed by atoms with Gasteiger partial charge in [-0.2, -0.15) is 24.5 Å². The van der Waals surface area contributed by atoms with Gasteiger partial charge in [-0.15, -0.1) is 0 Å². The maximum absolute atomic E-state index is 13.1. The molecule has 29 heavy (non-hydrogen) atoms. The second-order valence-corrected chi connectivity index (χ2v) is 8.60. The minimum Gasteiger partial charge on any atom is -0.475 e. The number of hydrogen-bond donors (Lipinski definition) is 1. The zero-order valence-electron chi connectivity index (χ0n) is 16.2. The zero-order valence-corrected chi connectivity index (χ0v) is 17.0. The molecule has 3 fully saturated rings. The second kappa shape index (κ2) is 8.61. The van der Waals surface area contributed by atoms with Gasteiger partial charge in [-0.05, 0) is 36.6 Å². The van der Waals surface area contributed by atoms with Crippen LogP contribution in [0, 0.1) is 11.3 Å². The Hall–Kier alpha value is -1.65. The van der Waals surface area contributed by atoms with Gasteiger partial charge in [0.15, 0.2) is 0 Å². The Morgan fingerprint density at radius 1 is 1.34 bits per heavy atom. The first-order chi connectivity index (χ1) is 13.6. The van der Waals surface area contributed by atoms with Crippen molar-refractivity contribution in [3.63, 3.8) is 0 Å². The summed E-state index contributed by atoms with van der Waals surface area (Å²) in [5.41, 5.74) is 0.934. The Kier molecular flexibility index (Phi) is 6.54. The van der Waals surface area contributed by atoms with Gasteiger partial charge in [-0.1, -0.05) is 6.92 Å². The number of ether oxygens (including phenoxy) is 1. The van der Waals surface area contributed by atoms with Crippen molar-refractivity contribution in [2.75, 3.05) is 37.7 Å². The van der Waals surface area contributed by atoms with Gasteiger partial charge < -0.3 is 14.7 Å². The minimum atomic E-state index is -5.08. The molecule has 10 heteroatoms. The predicted molar refractivity (Wildman–Crippen MR) is 102 cm³/mol. The largest absolute Gasteiger partial charge is 0.490 e. The Morgan fingerprint density at radius 2 is 2.00 bits per heavy atom. The van der Waals surface area contributed by atoms with Crippen LogP contribution in [-0.4, -0.2) is 66.9 Å². The lowest BCUT2D eigenvalue weighted by atomic mass is 9.78. The van der Waals surface area contributed by atoms with E-state index in [1.807, 2.05) is 4.90 Å². The van der Waals surface area contributed by atoms with Gasteiger partial charge in [-0.25, -0.2) is 4.79 Å². The number of carboxylic acid groups (broad SMARTS) is 1. The van der Waals surface area contributed by atoms with E-state index in [1.165, 1.54) is 0 Å². The summed E-state index contributed by atoms with van der Waals surface area (Å²) < 4.78 is 37.2. The molecule has 2 atom stereocenters. The standard InChI is InChI=1S/C17H24N2O2S.C2HF3O2/c1-13-10-18(14-2-7-21-8-3-14)12-17(13)5-6-19(16(17)20)15-4-9-22-11-15;3-2(4,5)1(6)7/h4,9,11,13-14H,2-3,5-8,10,12H2,1H3;(H,6,7)/t13-,17-;/m1./s1. The number of carboxylic acids is 1. The van der Waals surface area contributed by atoms with Crippen LogP contribution < -0.4 is 4.90 Å². The molecule has 1 aromatic heterocycles. The van der Waals surface area contributed by atoms with Crippen molar-refractivity contribution >= 4 is 28.9 Å². The van der Waals surface area contributed by atoms with Gasteiger partial charge in [0.2, 0.25) is 5.91 Å². The third kappa shape index (κ3) is 4.59. The number of hydrogen-bond acceptors (Lipinski definition) is 5. The van der Waals surface area contributed by atoms with Gasteiger partial charge in [0.05, 0.1) is 11.1 Å². The maximum atomic E-state index is 13.1. The summed E-state index contributed by atoms with van der Waals surface area (Å²) in [6.45, 7) is 6.90. The molecule has 1 spiro atoms. The summed E-state index contributed by atoms with van der Waals surface area (Å²) in [4.78, 5) is 26.6. The third-order valence-corrected chi connectivity index (χ3v) is 6.83. The number of aliphatic carboxylic acids is 1. The Balaban J connectivity index is 0.000000298. The van der Waals surface area contributed by atoms with Crippen LogP contribution in [0.1, 0.15) is 26.2 Å². The fourth-order valence-electron chi connectivity index (χ4n) is 4.49. The highest BCUT2D eigenvalue weighted by Crippen LogP contribution is 2.47. The van der Waals surface area contributed by atoms with E-state index < -0.39 is 12.1 Å². The molecule has 0 radical (unpaired) electrons. The summed E-state index contributed by atoms with van der Waals surface area (Å²) in [6, 6.07) is 2.68. The normalized spacial score (nSPS) is 28.6. The van der Waals surface area contributed by atoms with Crippen molar-refractivity contribution < 1.29 is 32.6 Å². The predicted octanol–water partition coefficient (Wildman–Crippen LogP) is 3.24. The summed E-state index contributed by atoms with van der Waals surface area (Å²) >= 11 is 1.67. The van der Waals surface area contributed by atoms with E-state index in [0.717, 1.165) is 57.8 Å². The van der Waals surface area contributed by atoms with Gasteiger partial charge >= 0.3 is 12.1 Å². The van der Waals surface area contributed by atoms with E-state index in [4.69, 9.17) is 14.6 Å². The maximum Gasteiger partial charge on any atom is 0.490 e. The van der Waals surface area contributed by atoms with E-state index >= 15 is 0 Å². The molecule has 0 aromatic carbocycles. The number of halogens is 3. The van der Waals surface area contributed by atoms with Crippen LogP contribution in [0.3, 0.4) is 0 Å². The fraction of sp³-hybridized carbons (Fsp3) is 0.684. The molecule has 0 aliphatic carbocycles. The first kappa shape index (κ1) is 22.0. The summed E-state index contributed by atoms with van der Waals surface area (Å²) in [5.74, 6) is -1.95. The van der Waals surface area contributed by atoms with Gasteiger partial charge in [0, 0.05) is 44.3 Å². The van der Waals surface area contributed by atoms with Gasteiger partial charge in [-0.3, -0.25) is 9.69 Å². The van der Waals surface area contributed by atoms with Crippen molar-refractivity contribution in [3.8, 4) is 0 Å². The molecule has 3 saturated heterocycles.